The number of aryl methyl sites for hydroxylation is 1. The fourth-order valence-corrected chi connectivity index (χ4v) is 3.80. The van der Waals surface area contributed by atoms with Gasteiger partial charge in [-0.05, 0) is 37.6 Å². The van der Waals surface area contributed by atoms with E-state index in [-0.39, 0.29) is 44.7 Å². The topological polar surface area (TPSA) is 63.9 Å². The molecule has 158 valence electrons. The van der Waals surface area contributed by atoms with Gasteiger partial charge in [-0.15, -0.1) is 0 Å². The van der Waals surface area contributed by atoms with Gasteiger partial charge in [-0.25, -0.2) is 9.97 Å². The van der Waals surface area contributed by atoms with Gasteiger partial charge in [0, 0.05) is 30.4 Å². The first-order chi connectivity index (χ1) is 14.3. The third-order valence-corrected chi connectivity index (χ3v) is 5.48. The van der Waals surface area contributed by atoms with Crippen molar-refractivity contribution in [2.75, 3.05) is 19.6 Å². The number of carbonyl (C=O) groups is 1. The molecular weight excluding hydrogens is 395 g/mol. The molecule has 1 aliphatic heterocycles. The van der Waals surface area contributed by atoms with Gasteiger partial charge in [0.15, 0.2) is 5.78 Å². The van der Waals surface area contributed by atoms with Crippen LogP contribution in [0.3, 0.4) is 0 Å². The number of halogens is 3. The molecule has 1 saturated heterocycles. The highest BCUT2D eigenvalue weighted by Crippen LogP contribution is 2.34. The molecule has 9 heteroatoms. The Morgan fingerprint density at radius 1 is 1.17 bits per heavy atom. The highest BCUT2D eigenvalue weighted by molar-refractivity contribution is 5.85. The molecule has 3 aromatic rings. The monoisotopic (exact) mass is 417 g/mol. The van der Waals surface area contributed by atoms with Crippen LogP contribution in [0.4, 0.5) is 13.2 Å². The number of hydrogen-bond donors (Lipinski definition) is 0. The van der Waals surface area contributed by atoms with Crippen LogP contribution < -0.4 is 0 Å². The normalized spacial score (nSPS) is 16.3. The number of aromatic nitrogens is 4. The molecule has 1 aromatic carbocycles. The van der Waals surface area contributed by atoms with Gasteiger partial charge < -0.3 is 0 Å². The lowest BCUT2D eigenvalue weighted by Crippen LogP contribution is -2.41. The van der Waals surface area contributed by atoms with Crippen LogP contribution in [-0.4, -0.2) is 56.2 Å². The van der Waals surface area contributed by atoms with Gasteiger partial charge in [0.2, 0.25) is 0 Å². The number of hydrogen-bond acceptors (Lipinski definition) is 5. The predicted molar refractivity (Wildman–Crippen MR) is 106 cm³/mol. The van der Waals surface area contributed by atoms with E-state index in [0.29, 0.717) is 5.82 Å². The summed E-state index contributed by atoms with van der Waals surface area (Å²) in [5.74, 6) is -0.939. The maximum atomic E-state index is 12.8. The van der Waals surface area contributed by atoms with Crippen LogP contribution in [0.25, 0.3) is 22.0 Å². The highest BCUT2D eigenvalue weighted by Gasteiger charge is 2.41. The number of rotatable bonds is 5. The second kappa shape index (κ2) is 8.14. The SMILES string of the molecule is Cn1cc(-c2ccc3cnc(CC(=O)CN4CCC(C(F)(F)F)CC4)nc3c2)cn1. The Balaban J connectivity index is 1.40. The van der Waals surface area contributed by atoms with Gasteiger partial charge in [0.05, 0.1) is 30.6 Å². The van der Waals surface area contributed by atoms with Crippen molar-refractivity contribution in [3.8, 4) is 11.1 Å². The summed E-state index contributed by atoms with van der Waals surface area (Å²) in [6.07, 6.45) is 1.37. The van der Waals surface area contributed by atoms with Crippen molar-refractivity contribution in [3.63, 3.8) is 0 Å². The minimum atomic E-state index is -4.15. The van der Waals surface area contributed by atoms with Crippen LogP contribution in [0.2, 0.25) is 0 Å². The molecule has 0 aliphatic carbocycles. The molecule has 1 aliphatic rings. The lowest BCUT2D eigenvalue weighted by molar-refractivity contribution is -0.185. The standard InChI is InChI=1S/C21H22F3N5O/c1-28-12-16(11-26-28)14-2-3-15-10-25-20(27-19(15)8-14)9-18(30)13-29-6-4-17(5-7-29)21(22,23)24/h2-3,8,10-12,17H,4-7,9,13H2,1H3. The summed E-state index contributed by atoms with van der Waals surface area (Å²) in [5.41, 5.74) is 2.68. The van der Waals surface area contributed by atoms with E-state index in [1.54, 1.807) is 22.0 Å². The van der Waals surface area contributed by atoms with E-state index >= 15 is 0 Å². The molecule has 0 saturated carbocycles. The minimum absolute atomic E-state index is 0.0420. The Kier molecular flexibility index (Phi) is 5.55. The van der Waals surface area contributed by atoms with Crippen molar-refractivity contribution in [3.05, 3.63) is 42.6 Å². The van der Waals surface area contributed by atoms with E-state index in [1.165, 1.54) is 0 Å². The van der Waals surface area contributed by atoms with E-state index in [4.69, 9.17) is 0 Å². The second-order valence-electron chi connectivity index (χ2n) is 7.77. The smallest absolute Gasteiger partial charge is 0.298 e. The fourth-order valence-electron chi connectivity index (χ4n) is 3.80. The maximum Gasteiger partial charge on any atom is 0.391 e. The zero-order valence-corrected chi connectivity index (χ0v) is 16.6. The summed E-state index contributed by atoms with van der Waals surface area (Å²) < 4.78 is 40.1. The summed E-state index contributed by atoms with van der Waals surface area (Å²) in [6.45, 7) is 0.688. The number of alkyl halides is 3. The van der Waals surface area contributed by atoms with Gasteiger partial charge in [0.25, 0.3) is 0 Å². The molecule has 0 atom stereocenters. The van der Waals surface area contributed by atoms with Crippen molar-refractivity contribution >= 4 is 16.7 Å². The third kappa shape index (κ3) is 4.67. The summed E-state index contributed by atoms with van der Waals surface area (Å²) >= 11 is 0. The first kappa shape index (κ1) is 20.5. The van der Waals surface area contributed by atoms with Crippen molar-refractivity contribution in [2.45, 2.75) is 25.4 Å². The Morgan fingerprint density at radius 2 is 1.93 bits per heavy atom. The average Bonchev–Trinajstić information content (AvgIpc) is 3.13. The van der Waals surface area contributed by atoms with Crippen LogP contribution in [0.1, 0.15) is 18.7 Å². The van der Waals surface area contributed by atoms with Crippen molar-refractivity contribution < 1.29 is 18.0 Å². The molecule has 3 heterocycles. The van der Waals surface area contributed by atoms with Gasteiger partial charge in [-0.1, -0.05) is 12.1 Å². The van der Waals surface area contributed by atoms with Crippen molar-refractivity contribution in [1.29, 1.82) is 0 Å². The van der Waals surface area contributed by atoms with Gasteiger partial charge in [-0.3, -0.25) is 14.4 Å². The Morgan fingerprint density at radius 3 is 2.60 bits per heavy atom. The molecule has 0 radical (unpaired) electrons. The fraction of sp³-hybridized carbons (Fsp3) is 0.429. The number of carbonyl (C=O) groups excluding carboxylic acids is 1. The molecule has 0 N–H and O–H groups in total. The predicted octanol–water partition coefficient (Wildman–Crippen LogP) is 3.42. The molecule has 2 aromatic heterocycles. The maximum absolute atomic E-state index is 12.8. The highest BCUT2D eigenvalue weighted by atomic mass is 19.4. The lowest BCUT2D eigenvalue weighted by Gasteiger charge is -2.32. The Labute approximate surface area is 171 Å². The first-order valence-corrected chi connectivity index (χ1v) is 9.83. The molecule has 30 heavy (non-hydrogen) atoms. The summed E-state index contributed by atoms with van der Waals surface area (Å²) in [4.78, 5) is 23.0. The lowest BCUT2D eigenvalue weighted by atomic mass is 9.96. The average molecular weight is 417 g/mol. The molecule has 0 unspecified atom stereocenters. The number of likely N-dealkylation sites (tertiary alicyclic amines) is 1. The van der Waals surface area contributed by atoms with Gasteiger partial charge >= 0.3 is 6.18 Å². The van der Waals surface area contributed by atoms with Crippen LogP contribution in [0.15, 0.2) is 36.8 Å². The molecule has 0 bridgehead atoms. The van der Waals surface area contributed by atoms with Crippen LogP contribution >= 0.6 is 0 Å². The van der Waals surface area contributed by atoms with E-state index in [2.05, 4.69) is 15.1 Å². The number of fused-ring (bicyclic) bond motifs is 1. The van der Waals surface area contributed by atoms with Crippen LogP contribution in [0.5, 0.6) is 0 Å². The van der Waals surface area contributed by atoms with E-state index in [9.17, 15) is 18.0 Å². The van der Waals surface area contributed by atoms with Crippen LogP contribution in [-0.2, 0) is 18.3 Å². The van der Waals surface area contributed by atoms with E-state index in [1.807, 2.05) is 31.4 Å². The first-order valence-electron chi connectivity index (χ1n) is 9.83. The number of piperidine rings is 1. The Hall–Kier alpha value is -2.81. The third-order valence-electron chi connectivity index (χ3n) is 5.48. The zero-order chi connectivity index (χ0) is 21.3. The van der Waals surface area contributed by atoms with Crippen LogP contribution in [0, 0.1) is 5.92 Å². The zero-order valence-electron chi connectivity index (χ0n) is 16.6. The minimum Gasteiger partial charge on any atom is -0.298 e. The molecule has 0 spiro atoms. The molecule has 0 amide bonds. The van der Waals surface area contributed by atoms with Crippen molar-refractivity contribution in [2.24, 2.45) is 13.0 Å². The number of Topliss-reactive ketones (excluding diaryl/α,β-unsaturated/α-hetero) is 1. The molecular formula is C21H22F3N5O. The van der Waals surface area contributed by atoms with E-state index < -0.39 is 12.1 Å². The van der Waals surface area contributed by atoms with Crippen molar-refractivity contribution in [1.82, 2.24) is 24.6 Å². The van der Waals surface area contributed by atoms with E-state index in [0.717, 1.165) is 22.0 Å². The number of benzene rings is 1. The van der Waals surface area contributed by atoms with Gasteiger partial charge in [0.1, 0.15) is 5.82 Å². The summed E-state index contributed by atoms with van der Waals surface area (Å²) in [5, 5.41) is 5.04. The summed E-state index contributed by atoms with van der Waals surface area (Å²) in [6, 6.07) is 5.83. The molecule has 4 rings (SSSR count). The molecule has 1 fully saturated rings. The second-order valence-corrected chi connectivity index (χ2v) is 7.77. The van der Waals surface area contributed by atoms with Gasteiger partial charge in [-0.2, -0.15) is 18.3 Å². The number of ketones is 1. The number of nitrogens with zero attached hydrogens (tertiary/aromatic N) is 5. The quantitative estimate of drug-likeness (QED) is 0.637. The Bertz CT molecular complexity index is 1050. The summed E-state index contributed by atoms with van der Waals surface area (Å²) in [7, 11) is 1.85. The largest absolute Gasteiger partial charge is 0.391 e. The molecule has 6 nitrogen and oxygen atoms in total.